The Morgan fingerprint density at radius 1 is 1.25 bits per heavy atom. The number of rotatable bonds is 6. The van der Waals surface area contributed by atoms with Gasteiger partial charge >= 0.3 is 0 Å². The SMILES string of the molecule is COc1cc(F)c(NC(=O)CCc2c(C)nn(C)c2C)cc1OC. The van der Waals surface area contributed by atoms with Crippen LogP contribution in [0.1, 0.15) is 23.4 Å². The van der Waals surface area contributed by atoms with Crippen LogP contribution in [-0.4, -0.2) is 29.9 Å². The summed E-state index contributed by atoms with van der Waals surface area (Å²) in [5, 5.41) is 6.90. The summed E-state index contributed by atoms with van der Waals surface area (Å²) in [6.07, 6.45) is 0.785. The van der Waals surface area contributed by atoms with Crippen LogP contribution in [0.15, 0.2) is 12.1 Å². The van der Waals surface area contributed by atoms with Gasteiger partial charge in [-0.2, -0.15) is 5.10 Å². The minimum Gasteiger partial charge on any atom is -0.493 e. The molecular formula is C17H22FN3O3. The zero-order chi connectivity index (χ0) is 17.9. The summed E-state index contributed by atoms with van der Waals surface area (Å²) in [7, 11) is 4.74. The maximum atomic E-state index is 14.0. The Balaban J connectivity index is 2.07. The summed E-state index contributed by atoms with van der Waals surface area (Å²) < 4.78 is 26.0. The third kappa shape index (κ3) is 3.67. The number of hydrogen-bond donors (Lipinski definition) is 1. The van der Waals surface area contributed by atoms with E-state index in [-0.39, 0.29) is 23.8 Å². The van der Waals surface area contributed by atoms with E-state index in [1.165, 1.54) is 26.4 Å². The number of benzene rings is 1. The lowest BCUT2D eigenvalue weighted by molar-refractivity contribution is -0.116. The van der Waals surface area contributed by atoms with E-state index in [9.17, 15) is 9.18 Å². The highest BCUT2D eigenvalue weighted by atomic mass is 19.1. The number of aryl methyl sites for hydroxylation is 2. The Kier molecular flexibility index (Phi) is 5.43. The van der Waals surface area contributed by atoms with Gasteiger partial charge < -0.3 is 14.8 Å². The third-order valence-corrected chi connectivity index (χ3v) is 4.01. The number of carbonyl (C=O) groups is 1. The molecule has 0 bridgehead atoms. The van der Waals surface area contributed by atoms with Crippen molar-refractivity contribution < 1.29 is 18.7 Å². The summed E-state index contributed by atoms with van der Waals surface area (Å²) in [5.41, 5.74) is 3.04. The molecule has 0 aliphatic carbocycles. The highest BCUT2D eigenvalue weighted by Crippen LogP contribution is 2.32. The number of anilines is 1. The molecule has 1 aromatic carbocycles. The van der Waals surface area contributed by atoms with Gasteiger partial charge in [-0.15, -0.1) is 0 Å². The number of nitrogens with one attached hydrogen (secondary N) is 1. The van der Waals surface area contributed by atoms with Crippen molar-refractivity contribution in [3.63, 3.8) is 0 Å². The fraction of sp³-hybridized carbons (Fsp3) is 0.412. The average Bonchev–Trinajstić information content (AvgIpc) is 2.79. The van der Waals surface area contributed by atoms with Crippen molar-refractivity contribution >= 4 is 11.6 Å². The van der Waals surface area contributed by atoms with Crippen LogP contribution >= 0.6 is 0 Å². The van der Waals surface area contributed by atoms with Gasteiger partial charge in [0.25, 0.3) is 0 Å². The van der Waals surface area contributed by atoms with E-state index in [2.05, 4.69) is 10.4 Å². The Morgan fingerprint density at radius 2 is 1.88 bits per heavy atom. The Labute approximate surface area is 140 Å². The van der Waals surface area contributed by atoms with Crippen LogP contribution in [0.25, 0.3) is 0 Å². The molecule has 1 heterocycles. The van der Waals surface area contributed by atoms with Crippen molar-refractivity contribution in [2.24, 2.45) is 7.05 Å². The summed E-state index contributed by atoms with van der Waals surface area (Å²) >= 11 is 0. The van der Waals surface area contributed by atoms with Gasteiger partial charge in [0.2, 0.25) is 5.91 Å². The lowest BCUT2D eigenvalue weighted by Crippen LogP contribution is -2.14. The maximum Gasteiger partial charge on any atom is 0.224 e. The standard InChI is InChI=1S/C17H22FN3O3/c1-10-12(11(2)21(3)20-10)6-7-17(22)19-14-9-16(24-5)15(23-4)8-13(14)18/h8-9H,6-7H2,1-5H3,(H,19,22). The van der Waals surface area contributed by atoms with E-state index >= 15 is 0 Å². The van der Waals surface area contributed by atoms with E-state index in [0.717, 1.165) is 17.0 Å². The van der Waals surface area contributed by atoms with Crippen LogP contribution < -0.4 is 14.8 Å². The molecule has 0 fully saturated rings. The molecule has 0 atom stereocenters. The van der Waals surface area contributed by atoms with Crippen molar-refractivity contribution in [2.45, 2.75) is 26.7 Å². The van der Waals surface area contributed by atoms with Crippen molar-refractivity contribution in [1.29, 1.82) is 0 Å². The van der Waals surface area contributed by atoms with Gasteiger partial charge in [0.1, 0.15) is 0 Å². The van der Waals surface area contributed by atoms with E-state index in [0.29, 0.717) is 12.2 Å². The first-order valence-electron chi connectivity index (χ1n) is 7.57. The highest BCUT2D eigenvalue weighted by Gasteiger charge is 2.15. The topological polar surface area (TPSA) is 65.4 Å². The van der Waals surface area contributed by atoms with Crippen LogP contribution in [-0.2, 0) is 18.3 Å². The van der Waals surface area contributed by atoms with Crippen LogP contribution in [0.4, 0.5) is 10.1 Å². The van der Waals surface area contributed by atoms with Gasteiger partial charge in [-0.05, 0) is 25.8 Å². The molecule has 0 saturated carbocycles. The molecule has 2 aromatic rings. The van der Waals surface area contributed by atoms with E-state index in [1.807, 2.05) is 20.9 Å². The quantitative estimate of drug-likeness (QED) is 0.881. The monoisotopic (exact) mass is 335 g/mol. The van der Waals surface area contributed by atoms with Gasteiger partial charge in [-0.3, -0.25) is 9.48 Å². The zero-order valence-electron chi connectivity index (χ0n) is 14.6. The van der Waals surface area contributed by atoms with Gasteiger partial charge in [0.15, 0.2) is 17.3 Å². The first-order valence-corrected chi connectivity index (χ1v) is 7.57. The number of methoxy groups -OCH3 is 2. The third-order valence-electron chi connectivity index (χ3n) is 4.01. The first-order chi connectivity index (χ1) is 11.4. The smallest absolute Gasteiger partial charge is 0.224 e. The molecule has 0 aliphatic heterocycles. The fourth-order valence-electron chi connectivity index (χ4n) is 2.58. The lowest BCUT2D eigenvalue weighted by Gasteiger charge is -2.12. The molecule has 1 amide bonds. The van der Waals surface area contributed by atoms with Crippen molar-refractivity contribution in [3.8, 4) is 11.5 Å². The summed E-state index contributed by atoms with van der Waals surface area (Å²) in [4.78, 5) is 12.1. The Hall–Kier alpha value is -2.57. The predicted molar refractivity (Wildman–Crippen MR) is 89.1 cm³/mol. The zero-order valence-corrected chi connectivity index (χ0v) is 14.6. The summed E-state index contributed by atoms with van der Waals surface area (Å²) in [5.74, 6) is -0.221. The van der Waals surface area contributed by atoms with Gasteiger partial charge in [0.05, 0.1) is 25.6 Å². The molecule has 130 valence electrons. The van der Waals surface area contributed by atoms with Crippen LogP contribution in [0.3, 0.4) is 0 Å². The average molecular weight is 335 g/mol. The minimum absolute atomic E-state index is 0.0669. The van der Waals surface area contributed by atoms with E-state index in [1.54, 1.807) is 4.68 Å². The number of halogens is 1. The van der Waals surface area contributed by atoms with E-state index in [4.69, 9.17) is 9.47 Å². The largest absolute Gasteiger partial charge is 0.493 e. The van der Waals surface area contributed by atoms with E-state index < -0.39 is 5.82 Å². The fourth-order valence-corrected chi connectivity index (χ4v) is 2.58. The first kappa shape index (κ1) is 17.8. The maximum absolute atomic E-state index is 14.0. The molecule has 2 rings (SSSR count). The second-order valence-corrected chi connectivity index (χ2v) is 5.51. The molecule has 24 heavy (non-hydrogen) atoms. The molecule has 0 aliphatic rings. The number of nitrogens with zero attached hydrogens (tertiary/aromatic N) is 2. The molecule has 1 N–H and O–H groups in total. The van der Waals surface area contributed by atoms with Gasteiger partial charge in [-0.25, -0.2) is 4.39 Å². The molecular weight excluding hydrogens is 313 g/mol. The summed E-state index contributed by atoms with van der Waals surface area (Å²) in [6, 6.07) is 2.59. The summed E-state index contributed by atoms with van der Waals surface area (Å²) in [6.45, 7) is 3.87. The van der Waals surface area contributed by atoms with Crippen molar-refractivity contribution in [3.05, 3.63) is 34.9 Å². The molecule has 0 saturated heterocycles. The number of ether oxygens (including phenoxy) is 2. The van der Waals surface area contributed by atoms with Crippen LogP contribution in [0, 0.1) is 19.7 Å². The predicted octanol–water partition coefficient (Wildman–Crippen LogP) is 2.76. The number of amides is 1. The lowest BCUT2D eigenvalue weighted by atomic mass is 10.1. The highest BCUT2D eigenvalue weighted by molar-refractivity contribution is 5.91. The van der Waals surface area contributed by atoms with Gasteiger partial charge in [0, 0.05) is 31.3 Å². The van der Waals surface area contributed by atoms with Crippen molar-refractivity contribution in [1.82, 2.24) is 9.78 Å². The van der Waals surface area contributed by atoms with Crippen LogP contribution in [0.5, 0.6) is 11.5 Å². The van der Waals surface area contributed by atoms with Crippen molar-refractivity contribution in [2.75, 3.05) is 19.5 Å². The molecule has 1 aromatic heterocycles. The molecule has 0 unspecified atom stereocenters. The minimum atomic E-state index is -0.574. The molecule has 0 spiro atoms. The number of carbonyl (C=O) groups excluding carboxylic acids is 1. The second-order valence-electron chi connectivity index (χ2n) is 5.51. The normalized spacial score (nSPS) is 10.6. The Morgan fingerprint density at radius 3 is 2.42 bits per heavy atom. The number of hydrogen-bond acceptors (Lipinski definition) is 4. The molecule has 0 radical (unpaired) electrons. The Bertz CT molecular complexity index is 756. The van der Waals surface area contributed by atoms with Gasteiger partial charge in [-0.1, -0.05) is 0 Å². The van der Waals surface area contributed by atoms with Crippen LogP contribution in [0.2, 0.25) is 0 Å². The number of aromatic nitrogens is 2. The molecule has 7 heteroatoms. The molecule has 6 nitrogen and oxygen atoms in total. The second kappa shape index (κ2) is 7.33.